The summed E-state index contributed by atoms with van der Waals surface area (Å²) in [5.41, 5.74) is -0.163. The van der Waals surface area contributed by atoms with E-state index in [-0.39, 0.29) is 29.6 Å². The van der Waals surface area contributed by atoms with Crippen LogP contribution in [0.5, 0.6) is 0 Å². The van der Waals surface area contributed by atoms with Crippen molar-refractivity contribution in [2.45, 2.75) is 19.4 Å². The molecule has 0 aliphatic rings. The van der Waals surface area contributed by atoms with Gasteiger partial charge < -0.3 is 15.5 Å². The van der Waals surface area contributed by atoms with E-state index in [9.17, 15) is 14.9 Å². The van der Waals surface area contributed by atoms with E-state index in [1.807, 2.05) is 0 Å². The van der Waals surface area contributed by atoms with E-state index in [4.69, 9.17) is 10.2 Å². The number of carboxylic acid groups (broad SMARTS) is 1. The standard InChI is InChI=1S/C11H14N2O5/c1-2-8(6-14)12-9-5-7(11(15)16)3-4-10(9)13(17)18/h3-5,8,12,14H,2,6H2,1H3,(H,15,16). The molecule has 1 unspecified atom stereocenters. The lowest BCUT2D eigenvalue weighted by Crippen LogP contribution is -2.23. The Bertz CT molecular complexity index is 457. The zero-order valence-corrected chi connectivity index (χ0v) is 9.79. The van der Waals surface area contributed by atoms with Crippen LogP contribution in [0, 0.1) is 10.1 Å². The fraction of sp³-hybridized carbons (Fsp3) is 0.364. The summed E-state index contributed by atoms with van der Waals surface area (Å²) in [6.45, 7) is 1.62. The van der Waals surface area contributed by atoms with E-state index < -0.39 is 10.9 Å². The number of anilines is 1. The Morgan fingerprint density at radius 3 is 2.67 bits per heavy atom. The van der Waals surface area contributed by atoms with E-state index in [0.717, 1.165) is 6.07 Å². The molecule has 1 aromatic carbocycles. The minimum absolute atomic E-state index is 0.0455. The molecule has 0 fully saturated rings. The first-order valence-corrected chi connectivity index (χ1v) is 5.38. The Balaban J connectivity index is 3.14. The van der Waals surface area contributed by atoms with Crippen LogP contribution in [0.2, 0.25) is 0 Å². The molecule has 1 rings (SSSR count). The molecule has 1 atom stereocenters. The molecule has 7 heteroatoms. The summed E-state index contributed by atoms with van der Waals surface area (Å²) in [6, 6.07) is 3.15. The fourth-order valence-electron chi connectivity index (χ4n) is 1.44. The van der Waals surface area contributed by atoms with Crippen LogP contribution >= 0.6 is 0 Å². The first kappa shape index (κ1) is 13.9. The zero-order valence-electron chi connectivity index (χ0n) is 9.79. The Labute approximate surface area is 103 Å². The second-order valence-corrected chi connectivity index (χ2v) is 3.73. The van der Waals surface area contributed by atoms with E-state index in [1.165, 1.54) is 12.1 Å². The number of hydrogen-bond donors (Lipinski definition) is 3. The number of benzene rings is 1. The van der Waals surface area contributed by atoms with Crippen molar-refractivity contribution in [2.24, 2.45) is 0 Å². The smallest absolute Gasteiger partial charge is 0.335 e. The average Bonchev–Trinajstić information content (AvgIpc) is 2.35. The molecule has 0 amide bonds. The van der Waals surface area contributed by atoms with Crippen LogP contribution in [0.25, 0.3) is 0 Å². The molecule has 0 aliphatic heterocycles. The largest absolute Gasteiger partial charge is 0.478 e. The normalized spacial score (nSPS) is 11.9. The van der Waals surface area contributed by atoms with Crippen LogP contribution in [-0.2, 0) is 0 Å². The SMILES string of the molecule is CCC(CO)Nc1cc(C(=O)O)ccc1[N+](=O)[O-]. The highest BCUT2D eigenvalue weighted by molar-refractivity contribution is 5.90. The van der Waals surface area contributed by atoms with Gasteiger partial charge in [0.15, 0.2) is 0 Å². The molecule has 98 valence electrons. The highest BCUT2D eigenvalue weighted by Crippen LogP contribution is 2.26. The number of nitro benzene ring substituents is 1. The van der Waals surface area contributed by atoms with Gasteiger partial charge in [0, 0.05) is 12.1 Å². The molecule has 0 saturated carbocycles. The van der Waals surface area contributed by atoms with Crippen molar-refractivity contribution in [1.29, 1.82) is 0 Å². The molecular formula is C11H14N2O5. The van der Waals surface area contributed by atoms with Crippen molar-refractivity contribution in [2.75, 3.05) is 11.9 Å². The first-order valence-electron chi connectivity index (χ1n) is 5.38. The summed E-state index contributed by atoms with van der Waals surface area (Å²) in [5, 5.41) is 31.5. The Kier molecular flexibility index (Phi) is 4.61. The van der Waals surface area contributed by atoms with E-state index >= 15 is 0 Å². The quantitative estimate of drug-likeness (QED) is 0.523. The van der Waals surface area contributed by atoms with Gasteiger partial charge in [-0.3, -0.25) is 10.1 Å². The predicted octanol–water partition coefficient (Wildman–Crippen LogP) is 1.48. The molecule has 0 aromatic heterocycles. The van der Waals surface area contributed by atoms with Gasteiger partial charge in [-0.25, -0.2) is 4.79 Å². The number of nitro groups is 1. The number of aliphatic hydroxyl groups is 1. The first-order chi connectivity index (χ1) is 8.49. The van der Waals surface area contributed by atoms with Crippen molar-refractivity contribution in [3.8, 4) is 0 Å². The highest BCUT2D eigenvalue weighted by Gasteiger charge is 2.18. The average molecular weight is 254 g/mol. The maximum absolute atomic E-state index is 10.8. The van der Waals surface area contributed by atoms with Gasteiger partial charge >= 0.3 is 5.97 Å². The second-order valence-electron chi connectivity index (χ2n) is 3.73. The molecule has 0 bridgehead atoms. The van der Waals surface area contributed by atoms with Crippen LogP contribution in [0.1, 0.15) is 23.7 Å². The molecule has 18 heavy (non-hydrogen) atoms. The number of carboxylic acids is 1. The van der Waals surface area contributed by atoms with E-state index in [1.54, 1.807) is 6.92 Å². The Morgan fingerprint density at radius 2 is 2.22 bits per heavy atom. The Hall–Kier alpha value is -2.15. The summed E-state index contributed by atoms with van der Waals surface area (Å²) in [6.07, 6.45) is 0.560. The van der Waals surface area contributed by atoms with E-state index in [2.05, 4.69) is 5.32 Å². The van der Waals surface area contributed by atoms with Gasteiger partial charge in [0.25, 0.3) is 5.69 Å². The van der Waals surface area contributed by atoms with Crippen LogP contribution in [-0.4, -0.2) is 33.8 Å². The van der Waals surface area contributed by atoms with Gasteiger partial charge in [0.2, 0.25) is 0 Å². The molecule has 0 radical (unpaired) electrons. The van der Waals surface area contributed by atoms with Gasteiger partial charge in [-0.05, 0) is 18.6 Å². The van der Waals surface area contributed by atoms with Crippen LogP contribution < -0.4 is 5.32 Å². The highest BCUT2D eigenvalue weighted by atomic mass is 16.6. The fourth-order valence-corrected chi connectivity index (χ4v) is 1.44. The van der Waals surface area contributed by atoms with Crippen molar-refractivity contribution in [1.82, 2.24) is 0 Å². The number of aliphatic hydroxyl groups excluding tert-OH is 1. The summed E-state index contributed by atoms with van der Waals surface area (Å²) >= 11 is 0. The minimum Gasteiger partial charge on any atom is -0.478 e. The topological polar surface area (TPSA) is 113 Å². The van der Waals surface area contributed by atoms with Gasteiger partial charge in [-0.1, -0.05) is 6.92 Å². The van der Waals surface area contributed by atoms with Gasteiger partial charge in [-0.15, -0.1) is 0 Å². The monoisotopic (exact) mass is 254 g/mol. The molecule has 0 spiro atoms. The summed E-state index contributed by atoms with van der Waals surface area (Å²) < 4.78 is 0. The van der Waals surface area contributed by atoms with Crippen molar-refractivity contribution >= 4 is 17.3 Å². The van der Waals surface area contributed by atoms with Crippen molar-refractivity contribution < 1.29 is 19.9 Å². The van der Waals surface area contributed by atoms with Gasteiger partial charge in [0.1, 0.15) is 5.69 Å². The number of carbonyl (C=O) groups is 1. The lowest BCUT2D eigenvalue weighted by atomic mass is 10.1. The number of nitrogens with one attached hydrogen (secondary N) is 1. The van der Waals surface area contributed by atoms with Gasteiger partial charge in [-0.2, -0.15) is 0 Å². The Morgan fingerprint density at radius 1 is 1.56 bits per heavy atom. The molecule has 7 nitrogen and oxygen atoms in total. The molecular weight excluding hydrogens is 240 g/mol. The zero-order chi connectivity index (χ0) is 13.7. The maximum Gasteiger partial charge on any atom is 0.335 e. The van der Waals surface area contributed by atoms with E-state index in [0.29, 0.717) is 6.42 Å². The third-order valence-corrected chi connectivity index (χ3v) is 2.51. The predicted molar refractivity (Wildman–Crippen MR) is 64.8 cm³/mol. The van der Waals surface area contributed by atoms with Crippen LogP contribution in [0.4, 0.5) is 11.4 Å². The lowest BCUT2D eigenvalue weighted by Gasteiger charge is -2.15. The number of aromatic carboxylic acids is 1. The van der Waals surface area contributed by atoms with Crippen molar-refractivity contribution in [3.63, 3.8) is 0 Å². The maximum atomic E-state index is 10.8. The summed E-state index contributed by atoms with van der Waals surface area (Å²) in [4.78, 5) is 21.0. The minimum atomic E-state index is -1.16. The second kappa shape index (κ2) is 5.97. The van der Waals surface area contributed by atoms with Gasteiger partial charge in [0.05, 0.1) is 17.1 Å². The molecule has 1 aromatic rings. The third kappa shape index (κ3) is 3.17. The lowest BCUT2D eigenvalue weighted by molar-refractivity contribution is -0.384. The number of nitrogens with zero attached hydrogens (tertiary/aromatic N) is 1. The van der Waals surface area contributed by atoms with Crippen molar-refractivity contribution in [3.05, 3.63) is 33.9 Å². The van der Waals surface area contributed by atoms with Crippen LogP contribution in [0.15, 0.2) is 18.2 Å². The summed E-state index contributed by atoms with van der Waals surface area (Å²) in [5.74, 6) is -1.16. The molecule has 0 aliphatic carbocycles. The summed E-state index contributed by atoms with van der Waals surface area (Å²) in [7, 11) is 0. The van der Waals surface area contributed by atoms with Crippen LogP contribution in [0.3, 0.4) is 0 Å². The number of rotatable bonds is 6. The molecule has 0 heterocycles. The molecule has 0 saturated heterocycles. The molecule has 3 N–H and O–H groups in total. The number of hydrogen-bond acceptors (Lipinski definition) is 5. The third-order valence-electron chi connectivity index (χ3n) is 2.51.